The maximum absolute atomic E-state index is 11.2. The molecular formula is C10H14N4O5. The minimum atomic E-state index is -1.18. The van der Waals surface area contributed by atoms with Crippen molar-refractivity contribution < 1.29 is 24.2 Å². The lowest BCUT2D eigenvalue weighted by molar-refractivity contribution is -0.143. The van der Waals surface area contributed by atoms with Crippen LogP contribution in [0.2, 0.25) is 0 Å². The molecule has 0 saturated carbocycles. The topological polar surface area (TPSA) is 123 Å². The van der Waals surface area contributed by atoms with Crippen LogP contribution in [0.5, 0.6) is 0 Å². The van der Waals surface area contributed by atoms with Crippen LogP contribution in [0.15, 0.2) is 18.5 Å². The summed E-state index contributed by atoms with van der Waals surface area (Å²) < 4.78 is 6.14. The molecule has 9 heteroatoms. The molecular weight excluding hydrogens is 256 g/mol. The summed E-state index contributed by atoms with van der Waals surface area (Å²) >= 11 is 0. The van der Waals surface area contributed by atoms with Gasteiger partial charge in [0.2, 0.25) is 0 Å². The van der Waals surface area contributed by atoms with Crippen LogP contribution in [0.1, 0.15) is 0 Å². The van der Waals surface area contributed by atoms with Gasteiger partial charge in [0.05, 0.1) is 6.54 Å². The summed E-state index contributed by atoms with van der Waals surface area (Å²) in [6.45, 7) is -0.298. The van der Waals surface area contributed by atoms with E-state index in [9.17, 15) is 14.4 Å². The Balaban J connectivity index is 2.09. The molecule has 0 atom stereocenters. The van der Waals surface area contributed by atoms with Crippen molar-refractivity contribution in [1.29, 1.82) is 0 Å². The third-order valence-electron chi connectivity index (χ3n) is 1.90. The fourth-order valence-corrected chi connectivity index (χ4v) is 1.15. The quantitative estimate of drug-likeness (QED) is 0.572. The maximum Gasteiger partial charge on any atom is 0.329 e. The molecule has 0 spiro atoms. The summed E-state index contributed by atoms with van der Waals surface area (Å²) in [5.74, 6) is -1.89. The summed E-state index contributed by atoms with van der Waals surface area (Å²) in [7, 11) is 0. The number of aromatic nitrogens is 2. The number of carbonyl (C=O) groups is 3. The minimum absolute atomic E-state index is 0.302. The Hall–Kier alpha value is -2.42. The van der Waals surface area contributed by atoms with Crippen LogP contribution >= 0.6 is 0 Å². The van der Waals surface area contributed by atoms with Gasteiger partial charge in [-0.2, -0.15) is 5.10 Å². The Labute approximate surface area is 108 Å². The van der Waals surface area contributed by atoms with Crippen molar-refractivity contribution in [2.24, 2.45) is 0 Å². The second-order valence-electron chi connectivity index (χ2n) is 3.46. The average molecular weight is 270 g/mol. The molecule has 0 aliphatic rings. The van der Waals surface area contributed by atoms with Gasteiger partial charge < -0.3 is 15.2 Å². The van der Waals surface area contributed by atoms with Gasteiger partial charge in [-0.3, -0.25) is 14.8 Å². The van der Waals surface area contributed by atoms with E-state index in [1.807, 2.05) is 5.32 Å². The van der Waals surface area contributed by atoms with Gasteiger partial charge in [-0.15, -0.1) is 0 Å². The smallest absolute Gasteiger partial charge is 0.329 e. The number of nitrogens with zero attached hydrogens (tertiary/aromatic N) is 2. The van der Waals surface area contributed by atoms with Crippen molar-refractivity contribution in [3.05, 3.63) is 18.5 Å². The van der Waals surface area contributed by atoms with Crippen LogP contribution in [-0.4, -0.2) is 52.6 Å². The normalized spacial score (nSPS) is 9.89. The molecule has 3 N–H and O–H groups in total. The van der Waals surface area contributed by atoms with Gasteiger partial charge >= 0.3 is 12.0 Å². The van der Waals surface area contributed by atoms with Crippen molar-refractivity contribution in [3.8, 4) is 0 Å². The zero-order chi connectivity index (χ0) is 14.1. The highest BCUT2D eigenvalue weighted by Crippen LogP contribution is 1.82. The van der Waals surface area contributed by atoms with Crippen molar-refractivity contribution in [1.82, 2.24) is 20.4 Å². The lowest BCUT2D eigenvalue weighted by atomic mass is 10.6. The van der Waals surface area contributed by atoms with E-state index in [1.165, 1.54) is 0 Å². The number of hydrogen-bond acceptors (Lipinski definition) is 5. The number of rotatable bonds is 7. The molecule has 0 aromatic carbocycles. The Morgan fingerprint density at radius 2 is 2.11 bits per heavy atom. The van der Waals surface area contributed by atoms with E-state index < -0.39 is 31.1 Å². The summed E-state index contributed by atoms with van der Waals surface area (Å²) in [5, 5.41) is 16.6. The van der Waals surface area contributed by atoms with E-state index in [-0.39, 0.29) is 0 Å². The zero-order valence-corrected chi connectivity index (χ0v) is 10.0. The van der Waals surface area contributed by atoms with Crippen LogP contribution in [0.3, 0.4) is 0 Å². The predicted octanol–water partition coefficient (Wildman–Crippen LogP) is -1.19. The zero-order valence-electron chi connectivity index (χ0n) is 10.0. The fraction of sp³-hybridized carbons (Fsp3) is 0.400. The van der Waals surface area contributed by atoms with Gasteiger partial charge in [0.1, 0.15) is 13.2 Å². The molecule has 0 unspecified atom stereocenters. The molecule has 9 nitrogen and oxygen atoms in total. The highest BCUT2D eigenvalue weighted by Gasteiger charge is 2.08. The SMILES string of the molecule is O=C(O)COCC(=O)NC(=O)NCCn1cccn1. The highest BCUT2D eigenvalue weighted by molar-refractivity contribution is 5.94. The molecule has 0 saturated heterocycles. The highest BCUT2D eigenvalue weighted by atomic mass is 16.5. The van der Waals surface area contributed by atoms with Gasteiger partial charge in [0, 0.05) is 18.9 Å². The van der Waals surface area contributed by atoms with Crippen LogP contribution in [0.4, 0.5) is 4.79 Å². The number of imide groups is 1. The molecule has 1 aromatic rings. The summed E-state index contributed by atoms with van der Waals surface area (Å²) in [5.41, 5.74) is 0. The van der Waals surface area contributed by atoms with Gasteiger partial charge in [0.25, 0.3) is 5.91 Å². The molecule has 104 valence electrons. The second kappa shape index (κ2) is 7.82. The monoisotopic (exact) mass is 270 g/mol. The summed E-state index contributed by atoms with van der Waals surface area (Å²) in [6.07, 6.45) is 3.36. The maximum atomic E-state index is 11.2. The van der Waals surface area contributed by atoms with Crippen LogP contribution in [-0.2, 0) is 20.9 Å². The molecule has 0 fully saturated rings. The molecule has 1 aromatic heterocycles. The first-order valence-corrected chi connectivity index (χ1v) is 5.42. The van der Waals surface area contributed by atoms with E-state index in [2.05, 4.69) is 15.2 Å². The number of ether oxygens (including phenoxy) is 1. The van der Waals surface area contributed by atoms with Crippen molar-refractivity contribution in [3.63, 3.8) is 0 Å². The molecule has 0 bridgehead atoms. The number of carbonyl (C=O) groups excluding carboxylic acids is 2. The van der Waals surface area contributed by atoms with E-state index in [0.717, 1.165) is 0 Å². The number of nitrogens with one attached hydrogen (secondary N) is 2. The van der Waals surface area contributed by atoms with E-state index in [0.29, 0.717) is 13.1 Å². The third-order valence-corrected chi connectivity index (χ3v) is 1.90. The standard InChI is InChI=1S/C10H14N4O5/c15-8(6-19-7-9(16)17)13-10(18)11-3-5-14-4-1-2-12-14/h1-2,4H,3,5-7H2,(H,16,17)(H2,11,13,15,18). The van der Waals surface area contributed by atoms with Crippen LogP contribution < -0.4 is 10.6 Å². The van der Waals surface area contributed by atoms with E-state index >= 15 is 0 Å². The molecule has 1 rings (SSSR count). The Kier molecular flexibility index (Phi) is 6.03. The fourth-order valence-electron chi connectivity index (χ4n) is 1.15. The molecule has 19 heavy (non-hydrogen) atoms. The number of carboxylic acids is 1. The molecule has 0 aliphatic carbocycles. The first kappa shape index (κ1) is 14.6. The third kappa shape index (κ3) is 6.78. The minimum Gasteiger partial charge on any atom is -0.480 e. The second-order valence-corrected chi connectivity index (χ2v) is 3.46. The van der Waals surface area contributed by atoms with Crippen molar-refractivity contribution in [2.45, 2.75) is 6.54 Å². The van der Waals surface area contributed by atoms with Crippen molar-refractivity contribution >= 4 is 17.9 Å². The summed E-state index contributed by atoms with van der Waals surface area (Å²) in [6, 6.07) is 1.08. The molecule has 0 radical (unpaired) electrons. The van der Waals surface area contributed by atoms with E-state index in [4.69, 9.17) is 5.11 Å². The Morgan fingerprint density at radius 1 is 1.32 bits per heavy atom. The van der Waals surface area contributed by atoms with Gasteiger partial charge in [0.15, 0.2) is 0 Å². The van der Waals surface area contributed by atoms with Gasteiger partial charge in [-0.1, -0.05) is 0 Å². The number of carboxylic acid groups (broad SMARTS) is 1. The number of aliphatic carboxylic acids is 1. The summed E-state index contributed by atoms with van der Waals surface area (Å²) in [4.78, 5) is 32.5. The average Bonchev–Trinajstić information content (AvgIpc) is 2.81. The first-order valence-electron chi connectivity index (χ1n) is 5.42. The number of urea groups is 1. The molecule has 3 amide bonds. The Bertz CT molecular complexity index is 431. The number of amides is 3. The molecule has 1 heterocycles. The first-order chi connectivity index (χ1) is 9.08. The van der Waals surface area contributed by atoms with Crippen LogP contribution in [0, 0.1) is 0 Å². The Morgan fingerprint density at radius 3 is 2.74 bits per heavy atom. The lowest BCUT2D eigenvalue weighted by Crippen LogP contribution is -2.42. The lowest BCUT2D eigenvalue weighted by Gasteiger charge is -2.06. The predicted molar refractivity (Wildman–Crippen MR) is 62.2 cm³/mol. The van der Waals surface area contributed by atoms with Gasteiger partial charge in [-0.05, 0) is 6.07 Å². The van der Waals surface area contributed by atoms with E-state index in [1.54, 1.807) is 23.1 Å². The van der Waals surface area contributed by atoms with Crippen molar-refractivity contribution in [2.75, 3.05) is 19.8 Å². The number of hydrogen-bond donors (Lipinski definition) is 3. The molecule has 0 aliphatic heterocycles. The largest absolute Gasteiger partial charge is 0.480 e. The van der Waals surface area contributed by atoms with Crippen LogP contribution in [0.25, 0.3) is 0 Å². The van der Waals surface area contributed by atoms with Gasteiger partial charge in [-0.25, -0.2) is 9.59 Å².